The van der Waals surface area contributed by atoms with Gasteiger partial charge in [0.1, 0.15) is 5.82 Å². The Labute approximate surface area is 172 Å². The Morgan fingerprint density at radius 1 is 1.27 bits per heavy atom. The summed E-state index contributed by atoms with van der Waals surface area (Å²) in [7, 11) is 1.74. The second kappa shape index (κ2) is 12.1. The van der Waals surface area contributed by atoms with Crippen LogP contribution in [0.25, 0.3) is 0 Å². The molecule has 0 aliphatic carbocycles. The number of hydrogen-bond donors (Lipinski definition) is 2. The van der Waals surface area contributed by atoms with Crippen LogP contribution in [0.1, 0.15) is 38.2 Å². The van der Waals surface area contributed by atoms with Crippen molar-refractivity contribution >= 4 is 35.8 Å². The molecule has 26 heavy (non-hydrogen) atoms. The van der Waals surface area contributed by atoms with Crippen LogP contribution in [0, 0.1) is 5.82 Å². The second-order valence-electron chi connectivity index (χ2n) is 6.34. The first-order valence-corrected chi connectivity index (χ1v) is 9.12. The highest BCUT2D eigenvalue weighted by molar-refractivity contribution is 14.0. The molecule has 2 rings (SSSR count). The van der Waals surface area contributed by atoms with E-state index >= 15 is 0 Å². The minimum absolute atomic E-state index is 0. The molecule has 5 nitrogen and oxygen atoms in total. The van der Waals surface area contributed by atoms with E-state index in [0.717, 1.165) is 56.8 Å². The SMILES string of the molecule is CCC(CCNC(=NC)NCCc1ccc(F)cc1)N1CCCC1=O.I. The van der Waals surface area contributed by atoms with E-state index in [0.29, 0.717) is 12.5 Å². The van der Waals surface area contributed by atoms with Crippen molar-refractivity contribution in [2.75, 3.05) is 26.7 Å². The molecule has 1 amide bonds. The smallest absolute Gasteiger partial charge is 0.222 e. The van der Waals surface area contributed by atoms with Gasteiger partial charge in [0.05, 0.1) is 0 Å². The largest absolute Gasteiger partial charge is 0.356 e. The molecule has 1 saturated heterocycles. The van der Waals surface area contributed by atoms with Crippen LogP contribution in [0.4, 0.5) is 4.39 Å². The second-order valence-corrected chi connectivity index (χ2v) is 6.34. The third kappa shape index (κ3) is 7.09. The molecule has 2 N–H and O–H groups in total. The number of guanidine groups is 1. The Morgan fingerprint density at radius 2 is 1.96 bits per heavy atom. The van der Waals surface area contributed by atoms with Gasteiger partial charge in [-0.1, -0.05) is 19.1 Å². The number of halogens is 2. The van der Waals surface area contributed by atoms with Crippen molar-refractivity contribution in [2.45, 2.75) is 45.1 Å². The topological polar surface area (TPSA) is 56.7 Å². The molecule has 146 valence electrons. The van der Waals surface area contributed by atoms with Crippen molar-refractivity contribution in [2.24, 2.45) is 4.99 Å². The van der Waals surface area contributed by atoms with E-state index in [9.17, 15) is 9.18 Å². The zero-order chi connectivity index (χ0) is 18.1. The number of nitrogens with one attached hydrogen (secondary N) is 2. The third-order valence-electron chi connectivity index (χ3n) is 4.64. The summed E-state index contributed by atoms with van der Waals surface area (Å²) in [6, 6.07) is 6.86. The van der Waals surface area contributed by atoms with Gasteiger partial charge in [0.15, 0.2) is 5.96 Å². The number of carbonyl (C=O) groups excluding carboxylic acids is 1. The maximum Gasteiger partial charge on any atom is 0.222 e. The number of aliphatic imine (C=N–C) groups is 1. The molecule has 1 fully saturated rings. The van der Waals surface area contributed by atoms with Crippen molar-refractivity contribution in [1.82, 2.24) is 15.5 Å². The van der Waals surface area contributed by atoms with Crippen LogP contribution in [0.15, 0.2) is 29.3 Å². The molecule has 1 unspecified atom stereocenters. The molecular weight excluding hydrogens is 446 g/mol. The van der Waals surface area contributed by atoms with E-state index in [-0.39, 0.29) is 35.7 Å². The summed E-state index contributed by atoms with van der Waals surface area (Å²) < 4.78 is 12.9. The Morgan fingerprint density at radius 3 is 2.54 bits per heavy atom. The number of rotatable bonds is 8. The Kier molecular flexibility index (Phi) is 10.5. The molecule has 1 aliphatic heterocycles. The first-order chi connectivity index (χ1) is 12.1. The van der Waals surface area contributed by atoms with Gasteiger partial charge in [0.2, 0.25) is 5.91 Å². The predicted octanol–water partition coefficient (Wildman–Crippen LogP) is 2.94. The van der Waals surface area contributed by atoms with Crippen molar-refractivity contribution in [3.63, 3.8) is 0 Å². The summed E-state index contributed by atoms with van der Waals surface area (Å²) in [5.74, 6) is 0.828. The fourth-order valence-electron chi connectivity index (χ4n) is 3.19. The van der Waals surface area contributed by atoms with Crippen molar-refractivity contribution < 1.29 is 9.18 Å². The van der Waals surface area contributed by atoms with Gasteiger partial charge in [-0.25, -0.2) is 4.39 Å². The average Bonchev–Trinajstić information content (AvgIpc) is 3.04. The van der Waals surface area contributed by atoms with Crippen molar-refractivity contribution in [3.8, 4) is 0 Å². The number of carbonyl (C=O) groups is 1. The van der Waals surface area contributed by atoms with Crippen molar-refractivity contribution in [1.29, 1.82) is 0 Å². The van der Waals surface area contributed by atoms with E-state index in [1.165, 1.54) is 12.1 Å². The highest BCUT2D eigenvalue weighted by Crippen LogP contribution is 2.17. The minimum Gasteiger partial charge on any atom is -0.356 e. The highest BCUT2D eigenvalue weighted by atomic mass is 127. The lowest BCUT2D eigenvalue weighted by atomic mass is 10.1. The maximum absolute atomic E-state index is 12.9. The molecule has 7 heteroatoms. The van der Waals surface area contributed by atoms with E-state index in [4.69, 9.17) is 0 Å². The molecule has 0 aromatic heterocycles. The van der Waals surface area contributed by atoms with Crippen molar-refractivity contribution in [3.05, 3.63) is 35.6 Å². The van der Waals surface area contributed by atoms with Crippen LogP contribution < -0.4 is 10.6 Å². The predicted molar refractivity (Wildman–Crippen MR) is 115 cm³/mol. The van der Waals surface area contributed by atoms with Gasteiger partial charge in [-0.15, -0.1) is 24.0 Å². The molecule has 0 spiro atoms. The van der Waals surface area contributed by atoms with Gasteiger partial charge in [0, 0.05) is 39.1 Å². The molecular formula is C19H30FIN4O. The fraction of sp³-hybridized carbons (Fsp3) is 0.579. The van der Waals surface area contributed by atoms with Crippen LogP contribution in [-0.2, 0) is 11.2 Å². The Balaban J connectivity index is 0.00000338. The summed E-state index contributed by atoms with van der Waals surface area (Å²) in [5, 5.41) is 6.58. The normalized spacial score (nSPS) is 15.6. The molecule has 0 radical (unpaired) electrons. The van der Waals surface area contributed by atoms with E-state index in [1.54, 1.807) is 19.2 Å². The summed E-state index contributed by atoms with van der Waals surface area (Å²) >= 11 is 0. The third-order valence-corrected chi connectivity index (χ3v) is 4.64. The number of amides is 1. The first-order valence-electron chi connectivity index (χ1n) is 9.12. The molecule has 1 aromatic rings. The van der Waals surface area contributed by atoms with Gasteiger partial charge < -0.3 is 15.5 Å². The van der Waals surface area contributed by atoms with Gasteiger partial charge in [-0.3, -0.25) is 9.79 Å². The van der Waals surface area contributed by atoms with E-state index in [2.05, 4.69) is 22.5 Å². The summed E-state index contributed by atoms with van der Waals surface area (Å²) in [6.07, 6.45) is 4.37. The average molecular weight is 476 g/mol. The number of benzene rings is 1. The van der Waals surface area contributed by atoms with Crippen LogP contribution in [-0.4, -0.2) is 49.5 Å². The van der Waals surface area contributed by atoms with Gasteiger partial charge in [0.25, 0.3) is 0 Å². The molecule has 0 saturated carbocycles. The lowest BCUT2D eigenvalue weighted by Crippen LogP contribution is -2.42. The van der Waals surface area contributed by atoms with Crippen LogP contribution in [0.2, 0.25) is 0 Å². The van der Waals surface area contributed by atoms with E-state index in [1.807, 2.05) is 4.90 Å². The standard InChI is InChI=1S/C19H29FN4O.HI/c1-3-17(24-14-4-5-18(24)25)11-13-23-19(21-2)22-12-10-15-6-8-16(20)9-7-15;/h6-9,17H,3-5,10-14H2,1-2H3,(H2,21,22,23);1H. The highest BCUT2D eigenvalue weighted by Gasteiger charge is 2.26. The maximum atomic E-state index is 12.9. The molecule has 1 heterocycles. The number of hydrogen-bond acceptors (Lipinski definition) is 2. The van der Waals surface area contributed by atoms with E-state index < -0.39 is 0 Å². The fourth-order valence-corrected chi connectivity index (χ4v) is 3.19. The molecule has 0 bridgehead atoms. The zero-order valence-corrected chi connectivity index (χ0v) is 18.0. The zero-order valence-electron chi connectivity index (χ0n) is 15.6. The monoisotopic (exact) mass is 476 g/mol. The lowest BCUT2D eigenvalue weighted by molar-refractivity contribution is -0.129. The Bertz CT molecular complexity index is 579. The van der Waals surface area contributed by atoms with Crippen LogP contribution in [0.5, 0.6) is 0 Å². The summed E-state index contributed by atoms with van der Waals surface area (Å²) in [4.78, 5) is 18.1. The van der Waals surface area contributed by atoms with Crippen LogP contribution >= 0.6 is 24.0 Å². The summed E-state index contributed by atoms with van der Waals surface area (Å²) in [5.41, 5.74) is 1.09. The lowest BCUT2D eigenvalue weighted by Gasteiger charge is -2.27. The minimum atomic E-state index is -0.212. The molecule has 1 aliphatic rings. The molecule has 1 aromatic carbocycles. The number of nitrogens with zero attached hydrogens (tertiary/aromatic N) is 2. The van der Waals surface area contributed by atoms with Gasteiger partial charge in [-0.2, -0.15) is 0 Å². The molecule has 1 atom stereocenters. The number of likely N-dealkylation sites (tertiary alicyclic amines) is 1. The van der Waals surface area contributed by atoms with Gasteiger partial charge >= 0.3 is 0 Å². The van der Waals surface area contributed by atoms with Crippen LogP contribution in [0.3, 0.4) is 0 Å². The quantitative estimate of drug-likeness (QED) is 0.345. The van der Waals surface area contributed by atoms with Gasteiger partial charge in [-0.05, 0) is 43.4 Å². The summed E-state index contributed by atoms with van der Waals surface area (Å²) in [6.45, 7) is 4.53. The Hall–Kier alpha value is -1.38. The first kappa shape index (κ1) is 22.7.